The third-order valence-corrected chi connectivity index (χ3v) is 4.62. The molecule has 0 aromatic carbocycles. The maximum Gasteiger partial charge on any atom is 0.224 e. The molecule has 1 aliphatic rings. The van der Waals surface area contributed by atoms with E-state index in [9.17, 15) is 4.79 Å². The summed E-state index contributed by atoms with van der Waals surface area (Å²) in [6, 6.07) is 0. The van der Waals surface area contributed by atoms with Crippen LogP contribution in [0.1, 0.15) is 13.8 Å². The van der Waals surface area contributed by atoms with E-state index in [2.05, 4.69) is 28.1 Å². The zero-order chi connectivity index (χ0) is 15.8. The van der Waals surface area contributed by atoms with Crippen molar-refractivity contribution in [3.8, 4) is 0 Å². The van der Waals surface area contributed by atoms with Crippen LogP contribution in [0.2, 0.25) is 0 Å². The molecule has 7 heteroatoms. The Bertz CT molecular complexity index is 317. The highest BCUT2D eigenvalue weighted by atomic mass is 33.1. The maximum atomic E-state index is 11.9. The molecule has 1 N–H and O–H groups in total. The topological polar surface area (TPSA) is 44.8 Å². The highest BCUT2D eigenvalue weighted by Gasteiger charge is 2.23. The van der Waals surface area contributed by atoms with Gasteiger partial charge in [0.2, 0.25) is 5.91 Å². The molecule has 0 saturated carbocycles. The van der Waals surface area contributed by atoms with Crippen LogP contribution in [0.4, 0.5) is 0 Å². The number of likely N-dealkylation sites (N-methyl/N-ethyl adjacent to an activating group) is 1. The van der Waals surface area contributed by atoms with Crippen LogP contribution in [0.15, 0.2) is 0 Å². The monoisotopic (exact) mass is 337 g/mol. The molecule has 1 heterocycles. The van der Waals surface area contributed by atoms with Gasteiger partial charge in [-0.2, -0.15) is 9.93 Å². The van der Waals surface area contributed by atoms with E-state index in [1.54, 1.807) is 4.90 Å². The summed E-state index contributed by atoms with van der Waals surface area (Å²) in [6.07, 6.45) is 2.28. The second kappa shape index (κ2) is 9.94. The van der Waals surface area contributed by atoms with Gasteiger partial charge < -0.3 is 15.0 Å². The number of nitrogens with one attached hydrogen (secondary N) is 1. The Labute approximate surface area is 136 Å². The lowest BCUT2D eigenvalue weighted by atomic mass is 10.2. The highest BCUT2D eigenvalue weighted by Crippen LogP contribution is 2.21. The molecule has 1 amide bonds. The first-order valence-electron chi connectivity index (χ1n) is 7.59. The summed E-state index contributed by atoms with van der Waals surface area (Å²) in [5.74, 6) is 1.23. The molecular formula is C14H31N3O2S2. The van der Waals surface area contributed by atoms with Gasteiger partial charge >= 0.3 is 0 Å². The quantitative estimate of drug-likeness (QED) is 0.349. The summed E-state index contributed by atoms with van der Waals surface area (Å²) in [6.45, 7) is 9.19. The van der Waals surface area contributed by atoms with Gasteiger partial charge in [-0.25, -0.2) is 0 Å². The number of morpholine rings is 1. The molecule has 0 spiro atoms. The number of hydrogen-bond donors (Lipinski definition) is 3. The molecule has 1 fully saturated rings. The number of amides is 1. The van der Waals surface area contributed by atoms with Gasteiger partial charge in [0.15, 0.2) is 0 Å². The van der Waals surface area contributed by atoms with Crippen LogP contribution in [-0.2, 0) is 9.53 Å². The van der Waals surface area contributed by atoms with Crippen LogP contribution >= 0.6 is 21.6 Å². The zero-order valence-electron chi connectivity index (χ0n) is 13.7. The van der Waals surface area contributed by atoms with Gasteiger partial charge in [0, 0.05) is 51.6 Å². The fraction of sp³-hybridized carbons (Fsp3) is 0.929. The molecule has 1 saturated heterocycles. The van der Waals surface area contributed by atoms with E-state index in [1.807, 2.05) is 20.9 Å². The van der Waals surface area contributed by atoms with Gasteiger partial charge in [0.25, 0.3) is 0 Å². The zero-order valence-corrected chi connectivity index (χ0v) is 15.5. The molecule has 0 radical (unpaired) electrons. The Balaban J connectivity index is 2.27. The highest BCUT2D eigenvalue weighted by molar-refractivity contribution is 8.77. The average molecular weight is 338 g/mol. The number of carbonyl (C=O) groups is 1. The minimum absolute atomic E-state index is 0.0454. The van der Waals surface area contributed by atoms with Crippen molar-refractivity contribution < 1.29 is 9.53 Å². The molecule has 126 valence electrons. The molecular weight excluding hydrogens is 306 g/mol. The lowest BCUT2D eigenvalue weighted by Gasteiger charge is -2.35. The van der Waals surface area contributed by atoms with Crippen molar-refractivity contribution in [2.24, 2.45) is 5.92 Å². The average Bonchev–Trinajstić information content (AvgIpc) is 2.42. The number of hydrogen-bond acceptors (Lipinski definition) is 5. The van der Waals surface area contributed by atoms with Crippen LogP contribution in [0.25, 0.3) is 0 Å². The number of carbonyl (C=O) groups excluding carboxylic acids is 1. The third kappa shape index (κ3) is 7.74. The first-order valence-corrected chi connectivity index (χ1v) is 10.7. The standard InChI is InChI=1S/C14H31N3O2S2/c1-12(2)14(18)16(3)9-13-10-17(7-8-19-13)6-5-15-11-21(4)20/h12-13,15,20-21H,5-11H2,1-4H3/t13-/m0/s1. The van der Waals surface area contributed by atoms with E-state index in [4.69, 9.17) is 4.74 Å². The fourth-order valence-corrected chi connectivity index (χ4v) is 3.19. The SMILES string of the molecule is CC(C)C(=O)N(C)C[C@H]1CN(CCNC[SH](C)S)CCO1. The van der Waals surface area contributed by atoms with Gasteiger partial charge in [-0.3, -0.25) is 9.69 Å². The van der Waals surface area contributed by atoms with Gasteiger partial charge in [-0.1, -0.05) is 13.8 Å². The van der Waals surface area contributed by atoms with Crippen molar-refractivity contribution >= 4 is 27.5 Å². The molecule has 0 bridgehead atoms. The third-order valence-electron chi connectivity index (χ3n) is 3.52. The van der Waals surface area contributed by atoms with Crippen molar-refractivity contribution in [2.45, 2.75) is 20.0 Å². The van der Waals surface area contributed by atoms with E-state index >= 15 is 0 Å². The summed E-state index contributed by atoms with van der Waals surface area (Å²) >= 11 is 4.42. The Hall–Kier alpha value is 0.0500. The molecule has 1 unspecified atom stereocenters. The first-order chi connectivity index (χ1) is 9.90. The van der Waals surface area contributed by atoms with Crippen LogP contribution in [0.5, 0.6) is 0 Å². The molecule has 0 aromatic rings. The maximum absolute atomic E-state index is 11.9. The predicted octanol–water partition coefficient (Wildman–Crippen LogP) is 0.825. The molecule has 5 nitrogen and oxygen atoms in total. The first kappa shape index (κ1) is 19.1. The minimum Gasteiger partial charge on any atom is -0.374 e. The van der Waals surface area contributed by atoms with E-state index in [0.717, 1.165) is 38.7 Å². The van der Waals surface area contributed by atoms with Crippen molar-refractivity contribution in [3.05, 3.63) is 0 Å². The number of rotatable bonds is 8. The van der Waals surface area contributed by atoms with Gasteiger partial charge in [0.05, 0.1) is 12.7 Å². The number of ether oxygens (including phenoxy) is 1. The van der Waals surface area contributed by atoms with E-state index in [0.29, 0.717) is 6.54 Å². The lowest BCUT2D eigenvalue weighted by molar-refractivity contribution is -0.136. The molecule has 1 rings (SSSR count). The van der Waals surface area contributed by atoms with Gasteiger partial charge in [-0.15, -0.1) is 11.7 Å². The van der Waals surface area contributed by atoms with E-state index in [-0.39, 0.29) is 27.9 Å². The number of thiol groups is 2. The fourth-order valence-electron chi connectivity index (χ4n) is 2.41. The molecule has 0 aliphatic carbocycles. The van der Waals surface area contributed by atoms with Gasteiger partial charge in [0.1, 0.15) is 0 Å². The summed E-state index contributed by atoms with van der Waals surface area (Å²) in [7, 11) is 1.70. The van der Waals surface area contributed by atoms with Crippen molar-refractivity contribution in [2.75, 3.05) is 58.5 Å². The van der Waals surface area contributed by atoms with Crippen molar-refractivity contribution in [3.63, 3.8) is 0 Å². The van der Waals surface area contributed by atoms with Crippen LogP contribution < -0.4 is 5.32 Å². The van der Waals surface area contributed by atoms with Crippen LogP contribution in [-0.4, -0.2) is 80.3 Å². The van der Waals surface area contributed by atoms with Crippen molar-refractivity contribution in [1.29, 1.82) is 0 Å². The van der Waals surface area contributed by atoms with Crippen molar-refractivity contribution in [1.82, 2.24) is 15.1 Å². The summed E-state index contributed by atoms with van der Waals surface area (Å²) in [5.41, 5.74) is 0. The number of nitrogens with zero attached hydrogens (tertiary/aromatic N) is 2. The summed E-state index contributed by atoms with van der Waals surface area (Å²) in [4.78, 5) is 16.1. The van der Waals surface area contributed by atoms with E-state index in [1.165, 1.54) is 0 Å². The second-order valence-corrected chi connectivity index (χ2v) is 9.66. The second-order valence-electron chi connectivity index (χ2n) is 5.98. The molecule has 21 heavy (non-hydrogen) atoms. The van der Waals surface area contributed by atoms with Crippen LogP contribution in [0, 0.1) is 5.92 Å². The van der Waals surface area contributed by atoms with E-state index < -0.39 is 0 Å². The van der Waals surface area contributed by atoms with Crippen LogP contribution in [0.3, 0.4) is 0 Å². The Morgan fingerprint density at radius 3 is 2.90 bits per heavy atom. The largest absolute Gasteiger partial charge is 0.374 e. The van der Waals surface area contributed by atoms with Gasteiger partial charge in [-0.05, 0) is 6.26 Å². The Morgan fingerprint density at radius 1 is 1.57 bits per heavy atom. The minimum atomic E-state index is -0.168. The Kier molecular flexibility index (Phi) is 9.04. The molecule has 2 atom stereocenters. The Morgan fingerprint density at radius 2 is 2.29 bits per heavy atom. The molecule has 0 aromatic heterocycles. The smallest absolute Gasteiger partial charge is 0.224 e. The summed E-state index contributed by atoms with van der Waals surface area (Å²) in [5, 5.41) is 3.43. The predicted molar refractivity (Wildman–Crippen MR) is 95.4 cm³/mol. The summed E-state index contributed by atoms with van der Waals surface area (Å²) < 4.78 is 5.79. The lowest BCUT2D eigenvalue weighted by Crippen LogP contribution is -2.49. The molecule has 1 aliphatic heterocycles. The normalized spacial score (nSPS) is 22.4.